The number of hydrogen-bond donors (Lipinski definition) is 2. The highest BCUT2D eigenvalue weighted by atomic mass is 16.5. The minimum Gasteiger partial charge on any atom is -0.507 e. The van der Waals surface area contributed by atoms with Crippen LogP contribution in [0.5, 0.6) is 17.2 Å². The van der Waals surface area contributed by atoms with E-state index in [1.807, 2.05) is 26.8 Å². The average molecular weight is 525 g/mol. The van der Waals surface area contributed by atoms with Crippen LogP contribution in [0.3, 0.4) is 0 Å². The van der Waals surface area contributed by atoms with Gasteiger partial charge in [-0.05, 0) is 74.3 Å². The molecule has 38 heavy (non-hydrogen) atoms. The molecule has 1 aliphatic heterocycles. The Morgan fingerprint density at radius 1 is 1.05 bits per heavy atom. The Balaban J connectivity index is 2.12. The number of Topliss-reactive ketones (excluding diaryl/α,β-unsaturated/α-hetero) is 1. The number of hydrogen-bond acceptors (Lipinski definition) is 7. The molecule has 0 bridgehead atoms. The van der Waals surface area contributed by atoms with E-state index in [1.165, 1.54) is 11.0 Å². The quantitative estimate of drug-likeness (QED) is 0.231. The van der Waals surface area contributed by atoms with Gasteiger partial charge in [0, 0.05) is 18.7 Å². The molecule has 0 spiro atoms. The predicted octanol–water partition coefficient (Wildman–Crippen LogP) is 4.90. The molecule has 0 radical (unpaired) electrons. The van der Waals surface area contributed by atoms with E-state index in [0.29, 0.717) is 49.1 Å². The third kappa shape index (κ3) is 6.30. The lowest BCUT2D eigenvalue weighted by atomic mass is 9.93. The summed E-state index contributed by atoms with van der Waals surface area (Å²) in [6, 6.07) is 9.21. The molecule has 0 aliphatic carbocycles. The molecule has 1 saturated heterocycles. The second-order valence-corrected chi connectivity index (χ2v) is 9.86. The highest BCUT2D eigenvalue weighted by Gasteiger charge is 2.46. The molecule has 0 saturated carbocycles. The predicted molar refractivity (Wildman–Crippen MR) is 148 cm³/mol. The number of ether oxygens (including phenoxy) is 2. The van der Waals surface area contributed by atoms with Crippen LogP contribution in [-0.2, 0) is 9.59 Å². The van der Waals surface area contributed by atoms with E-state index in [2.05, 4.69) is 18.7 Å². The molecule has 0 aromatic heterocycles. The molecule has 1 fully saturated rings. The zero-order chi connectivity index (χ0) is 28.0. The molecule has 8 heteroatoms. The maximum atomic E-state index is 13.4. The SMILES string of the molecule is CCOc1cc([C@@H]2C(=C(O)c3ccc(OCC(C)C)cc3C)C(=O)C(=O)N2CCN(CC)CC)ccc1O. The fourth-order valence-electron chi connectivity index (χ4n) is 4.62. The average Bonchev–Trinajstić information content (AvgIpc) is 3.14. The Bertz CT molecular complexity index is 1190. The number of aryl methyl sites for hydroxylation is 1. The number of likely N-dealkylation sites (N-methyl/N-ethyl adjacent to an activating group) is 1. The second-order valence-electron chi connectivity index (χ2n) is 9.86. The molecule has 206 valence electrons. The molecule has 8 nitrogen and oxygen atoms in total. The Labute approximate surface area is 225 Å². The number of carbonyl (C=O) groups excluding carboxylic acids is 2. The number of likely N-dealkylation sites (tertiary alicyclic amines) is 1. The van der Waals surface area contributed by atoms with Crippen LogP contribution in [0.4, 0.5) is 0 Å². The fraction of sp³-hybridized carbons (Fsp3) is 0.467. The van der Waals surface area contributed by atoms with E-state index in [4.69, 9.17) is 9.47 Å². The summed E-state index contributed by atoms with van der Waals surface area (Å²) in [6.07, 6.45) is 0. The number of ketones is 1. The van der Waals surface area contributed by atoms with Gasteiger partial charge in [-0.3, -0.25) is 9.59 Å². The highest BCUT2D eigenvalue weighted by molar-refractivity contribution is 6.46. The summed E-state index contributed by atoms with van der Waals surface area (Å²) in [5, 5.41) is 21.8. The van der Waals surface area contributed by atoms with Gasteiger partial charge in [-0.25, -0.2) is 0 Å². The normalized spacial score (nSPS) is 17.1. The van der Waals surface area contributed by atoms with Crippen molar-refractivity contribution >= 4 is 17.4 Å². The lowest BCUT2D eigenvalue weighted by molar-refractivity contribution is -0.140. The van der Waals surface area contributed by atoms with Crippen molar-refractivity contribution < 1.29 is 29.3 Å². The van der Waals surface area contributed by atoms with Crippen LogP contribution in [0.1, 0.15) is 57.4 Å². The van der Waals surface area contributed by atoms with Crippen molar-refractivity contribution in [2.24, 2.45) is 5.92 Å². The monoisotopic (exact) mass is 524 g/mol. The first-order valence-electron chi connectivity index (χ1n) is 13.3. The van der Waals surface area contributed by atoms with E-state index in [1.54, 1.807) is 31.2 Å². The standard InChI is InChI=1S/C30H40N2O6/c1-7-31(8-2)14-15-32-27(21-10-13-24(33)25(17-21)37-9-3)26(29(35)30(32)36)28(34)23-12-11-22(16-20(23)6)38-18-19(4)5/h10-13,16-17,19,27,33-34H,7-9,14-15,18H2,1-6H3/t27-/m1/s1. The van der Waals surface area contributed by atoms with E-state index < -0.39 is 17.7 Å². The van der Waals surface area contributed by atoms with Crippen molar-refractivity contribution in [3.8, 4) is 17.2 Å². The molecule has 1 heterocycles. The number of nitrogens with zero attached hydrogens (tertiary/aromatic N) is 2. The Morgan fingerprint density at radius 2 is 1.76 bits per heavy atom. The topological polar surface area (TPSA) is 99.5 Å². The summed E-state index contributed by atoms with van der Waals surface area (Å²) in [5.74, 6) is -0.392. The molecular weight excluding hydrogens is 484 g/mol. The summed E-state index contributed by atoms with van der Waals surface area (Å²) in [4.78, 5) is 30.4. The van der Waals surface area contributed by atoms with E-state index >= 15 is 0 Å². The number of carbonyl (C=O) groups is 2. The van der Waals surface area contributed by atoms with Gasteiger partial charge in [-0.15, -0.1) is 0 Å². The molecule has 0 unspecified atom stereocenters. The molecule has 1 amide bonds. The number of benzene rings is 2. The number of phenolic OH excluding ortho intramolecular Hbond substituents is 1. The zero-order valence-electron chi connectivity index (χ0n) is 23.3. The van der Waals surface area contributed by atoms with Gasteiger partial charge in [-0.2, -0.15) is 0 Å². The molecule has 3 rings (SSSR count). The number of aromatic hydroxyl groups is 1. The van der Waals surface area contributed by atoms with Crippen LogP contribution in [0.15, 0.2) is 42.0 Å². The fourth-order valence-corrected chi connectivity index (χ4v) is 4.62. The van der Waals surface area contributed by atoms with Gasteiger partial charge in [0.15, 0.2) is 11.5 Å². The molecule has 1 atom stereocenters. The number of phenols is 1. The van der Waals surface area contributed by atoms with Gasteiger partial charge in [0.05, 0.1) is 24.8 Å². The van der Waals surface area contributed by atoms with Crippen molar-refractivity contribution in [1.82, 2.24) is 9.80 Å². The number of aliphatic hydroxyl groups is 1. The summed E-state index contributed by atoms with van der Waals surface area (Å²) in [6.45, 7) is 15.2. The van der Waals surface area contributed by atoms with Crippen LogP contribution in [0, 0.1) is 12.8 Å². The number of amides is 1. The summed E-state index contributed by atoms with van der Waals surface area (Å²) in [5.41, 5.74) is 1.76. The van der Waals surface area contributed by atoms with Crippen LogP contribution < -0.4 is 9.47 Å². The van der Waals surface area contributed by atoms with Gasteiger partial charge in [0.1, 0.15) is 11.5 Å². The third-order valence-corrected chi connectivity index (χ3v) is 6.73. The van der Waals surface area contributed by atoms with Gasteiger partial charge in [0.2, 0.25) is 0 Å². The van der Waals surface area contributed by atoms with E-state index in [-0.39, 0.29) is 22.8 Å². The van der Waals surface area contributed by atoms with Crippen molar-refractivity contribution in [3.05, 3.63) is 58.7 Å². The lowest BCUT2D eigenvalue weighted by Crippen LogP contribution is -2.38. The number of rotatable bonds is 12. The Kier molecular flexibility index (Phi) is 9.80. The van der Waals surface area contributed by atoms with Crippen molar-refractivity contribution in [3.63, 3.8) is 0 Å². The van der Waals surface area contributed by atoms with Crippen LogP contribution in [0.2, 0.25) is 0 Å². The highest BCUT2D eigenvalue weighted by Crippen LogP contribution is 2.42. The van der Waals surface area contributed by atoms with Gasteiger partial charge in [0.25, 0.3) is 11.7 Å². The van der Waals surface area contributed by atoms with Crippen molar-refractivity contribution in [1.29, 1.82) is 0 Å². The van der Waals surface area contributed by atoms with Crippen LogP contribution >= 0.6 is 0 Å². The third-order valence-electron chi connectivity index (χ3n) is 6.73. The van der Waals surface area contributed by atoms with E-state index in [9.17, 15) is 19.8 Å². The molecule has 1 aliphatic rings. The summed E-state index contributed by atoms with van der Waals surface area (Å²) in [7, 11) is 0. The first kappa shape index (κ1) is 29.0. The summed E-state index contributed by atoms with van der Waals surface area (Å²) >= 11 is 0. The molecule has 2 aromatic rings. The van der Waals surface area contributed by atoms with Crippen LogP contribution in [0.25, 0.3) is 5.76 Å². The van der Waals surface area contributed by atoms with Gasteiger partial charge < -0.3 is 29.5 Å². The minimum atomic E-state index is -0.832. The molecule has 2 aromatic carbocycles. The Hall–Kier alpha value is -3.52. The van der Waals surface area contributed by atoms with Gasteiger partial charge in [-0.1, -0.05) is 33.8 Å². The lowest BCUT2D eigenvalue weighted by Gasteiger charge is -2.28. The van der Waals surface area contributed by atoms with E-state index in [0.717, 1.165) is 18.7 Å². The van der Waals surface area contributed by atoms with Crippen molar-refractivity contribution in [2.45, 2.75) is 47.6 Å². The minimum absolute atomic E-state index is 0.0154. The largest absolute Gasteiger partial charge is 0.507 e. The summed E-state index contributed by atoms with van der Waals surface area (Å²) < 4.78 is 11.4. The molecular formula is C30H40N2O6. The number of aliphatic hydroxyl groups excluding tert-OH is 1. The van der Waals surface area contributed by atoms with Crippen LogP contribution in [-0.4, -0.2) is 71.1 Å². The molecule has 2 N–H and O–H groups in total. The zero-order valence-corrected chi connectivity index (χ0v) is 23.3. The maximum Gasteiger partial charge on any atom is 0.295 e. The first-order valence-corrected chi connectivity index (χ1v) is 13.3. The first-order chi connectivity index (χ1) is 18.1. The Morgan fingerprint density at radius 3 is 2.37 bits per heavy atom. The maximum absolute atomic E-state index is 13.4. The second kappa shape index (κ2) is 12.8. The van der Waals surface area contributed by atoms with Gasteiger partial charge >= 0.3 is 0 Å². The van der Waals surface area contributed by atoms with Crippen molar-refractivity contribution in [2.75, 3.05) is 39.4 Å². The smallest absolute Gasteiger partial charge is 0.295 e.